The monoisotopic (exact) mass is 192 g/mol. The van der Waals surface area contributed by atoms with Crippen LogP contribution in [0.2, 0.25) is 6.04 Å². The van der Waals surface area contributed by atoms with Gasteiger partial charge in [0.05, 0.1) is 4.92 Å². The zero-order valence-electron chi connectivity index (χ0n) is 6.21. The molecule has 68 valence electrons. The smallest absolute Gasteiger partial charge is 0.299 e. The Morgan fingerprint density at radius 1 is 1.42 bits per heavy atom. The summed E-state index contributed by atoms with van der Waals surface area (Å²) in [4.78, 5) is 19.9. The Hall–Kier alpha value is -1.02. The summed E-state index contributed by atoms with van der Waals surface area (Å²) in [6.07, 6.45) is -0.311. The van der Waals surface area contributed by atoms with Gasteiger partial charge in [-0.05, 0) is 11.0 Å². The minimum absolute atomic E-state index is 0.296. The van der Waals surface area contributed by atoms with Crippen LogP contribution < -0.4 is 0 Å². The van der Waals surface area contributed by atoms with Gasteiger partial charge in [-0.3, -0.25) is 24.7 Å². The molecule has 1 heterocycles. The zero-order valence-corrected chi connectivity index (χ0v) is 7.37. The van der Waals surface area contributed by atoms with Crippen molar-refractivity contribution in [2.45, 2.75) is 25.1 Å². The van der Waals surface area contributed by atoms with E-state index in [4.69, 9.17) is 4.43 Å². The maximum atomic E-state index is 10.2. The van der Waals surface area contributed by atoms with Gasteiger partial charge in [-0.25, -0.2) is 0 Å². The molecule has 2 atom stereocenters. The Morgan fingerprint density at radius 3 is 2.58 bits per heavy atom. The second-order valence-electron chi connectivity index (χ2n) is 2.55. The van der Waals surface area contributed by atoms with Crippen LogP contribution in [0, 0.1) is 20.2 Å². The second-order valence-corrected chi connectivity index (χ2v) is 4.73. The van der Waals surface area contributed by atoms with Crippen LogP contribution in [-0.2, 0) is 4.43 Å². The molecule has 0 aromatic rings. The molecule has 0 aliphatic carbocycles. The van der Waals surface area contributed by atoms with Crippen LogP contribution in [0.15, 0.2) is 0 Å². The molecule has 0 aromatic carbocycles. The molecule has 0 N–H and O–H groups in total. The first-order valence-electron chi connectivity index (χ1n) is 3.53. The molecule has 0 amide bonds. The van der Waals surface area contributed by atoms with E-state index in [0.29, 0.717) is 18.9 Å². The van der Waals surface area contributed by atoms with Gasteiger partial charge in [-0.15, -0.1) is 0 Å². The average molecular weight is 192 g/mol. The Kier molecular flexibility index (Phi) is 2.71. The van der Waals surface area contributed by atoms with Gasteiger partial charge in [-0.2, -0.15) is 0 Å². The predicted octanol–water partition coefficient (Wildman–Crippen LogP) is -0.103. The summed E-state index contributed by atoms with van der Waals surface area (Å²) >= 11 is 0. The van der Waals surface area contributed by atoms with Crippen LogP contribution >= 0.6 is 0 Å². The Labute approximate surface area is 69.4 Å². The van der Waals surface area contributed by atoms with E-state index in [1.807, 2.05) is 0 Å². The first kappa shape index (κ1) is 9.07. The largest absolute Gasteiger partial charge is 0.564 e. The van der Waals surface area contributed by atoms with Crippen LogP contribution in [0.1, 0.15) is 12.8 Å². The van der Waals surface area contributed by atoms with E-state index < -0.39 is 24.9 Å². The quantitative estimate of drug-likeness (QED) is 0.345. The molecule has 12 heavy (non-hydrogen) atoms. The van der Waals surface area contributed by atoms with Gasteiger partial charge in [0.2, 0.25) is 0 Å². The number of nitrogens with zero attached hydrogens (tertiary/aromatic N) is 2. The molecule has 0 aromatic heterocycles. The number of hydrogen-bond donors (Lipinski definition) is 0. The fourth-order valence-electron chi connectivity index (χ4n) is 1.09. The van der Waals surface area contributed by atoms with Gasteiger partial charge in [0.25, 0.3) is 0 Å². The highest BCUT2D eigenvalue weighted by atomic mass is 28.3. The molecule has 7 nitrogen and oxygen atoms in total. The molecular formula is C4H8N2O5Si. The van der Waals surface area contributed by atoms with E-state index in [9.17, 15) is 20.2 Å². The second kappa shape index (κ2) is 3.58. The highest BCUT2D eigenvalue weighted by molar-refractivity contribution is 6.42. The number of hydrogen-bond acceptors (Lipinski definition) is 5. The van der Waals surface area contributed by atoms with Gasteiger partial charge in [0.1, 0.15) is 0 Å². The lowest BCUT2D eigenvalue weighted by Gasteiger charge is -2.16. The molecular weight excluding hydrogens is 184 g/mol. The Balaban J connectivity index is 2.51. The number of rotatable bonds is 2. The third kappa shape index (κ3) is 1.98. The van der Waals surface area contributed by atoms with Gasteiger partial charge in [0.15, 0.2) is 0 Å². The predicted molar refractivity (Wildman–Crippen MR) is 40.1 cm³/mol. The molecule has 2 unspecified atom stereocenters. The van der Waals surface area contributed by atoms with Crippen LogP contribution in [-0.4, -0.2) is 24.9 Å². The van der Waals surface area contributed by atoms with E-state index in [0.717, 1.165) is 0 Å². The summed E-state index contributed by atoms with van der Waals surface area (Å²) in [6.45, 7) is 0. The lowest BCUT2D eigenvalue weighted by molar-refractivity contribution is -0.573. The molecule has 1 fully saturated rings. The molecule has 8 heteroatoms. The standard InChI is InChI=1S/C4H8N2O5Si/c7-5(8)4-2-1-3-12(11-4)6(9)10/h4,12H,1-3H2. The molecule has 0 radical (unpaired) electrons. The van der Waals surface area contributed by atoms with Crippen LogP contribution in [0.3, 0.4) is 0 Å². The third-order valence-corrected chi connectivity index (χ3v) is 3.69. The molecule has 1 aliphatic rings. The summed E-state index contributed by atoms with van der Waals surface area (Å²) < 4.78 is 4.26. The van der Waals surface area contributed by atoms with Crippen molar-refractivity contribution in [2.75, 3.05) is 0 Å². The third-order valence-electron chi connectivity index (χ3n) is 1.69. The Morgan fingerprint density at radius 2 is 2.08 bits per heavy atom. The van der Waals surface area contributed by atoms with Crippen molar-refractivity contribution in [1.82, 2.24) is 0 Å². The van der Waals surface area contributed by atoms with E-state index in [-0.39, 0.29) is 0 Å². The number of nitro groups is 2. The van der Waals surface area contributed by atoms with E-state index in [2.05, 4.69) is 0 Å². The van der Waals surface area contributed by atoms with Crippen LogP contribution in [0.5, 0.6) is 0 Å². The molecule has 0 saturated carbocycles. The normalized spacial score (nSPS) is 29.7. The van der Waals surface area contributed by atoms with Crippen molar-refractivity contribution in [1.29, 1.82) is 0 Å². The van der Waals surface area contributed by atoms with Crippen molar-refractivity contribution >= 4 is 9.20 Å². The SMILES string of the molecule is O=[N+]([O-])C1CCC[SiH]([N+](=O)[O-])O1. The van der Waals surface area contributed by atoms with Crippen LogP contribution in [0.4, 0.5) is 0 Å². The van der Waals surface area contributed by atoms with Gasteiger partial charge >= 0.3 is 15.4 Å². The fraction of sp³-hybridized carbons (Fsp3) is 1.00. The van der Waals surface area contributed by atoms with E-state index >= 15 is 0 Å². The maximum Gasteiger partial charge on any atom is 0.564 e. The zero-order chi connectivity index (χ0) is 9.14. The molecule has 1 saturated heterocycles. The minimum atomic E-state index is -2.53. The topological polar surface area (TPSA) is 95.5 Å². The van der Waals surface area contributed by atoms with E-state index in [1.54, 1.807) is 0 Å². The lowest BCUT2D eigenvalue weighted by atomic mass is 10.3. The molecule has 1 aliphatic heterocycles. The Bertz CT molecular complexity index is 190. The van der Waals surface area contributed by atoms with Crippen molar-refractivity contribution in [3.8, 4) is 0 Å². The van der Waals surface area contributed by atoms with Gasteiger partial charge < -0.3 is 0 Å². The van der Waals surface area contributed by atoms with Gasteiger partial charge in [-0.1, -0.05) is 0 Å². The highest BCUT2D eigenvalue weighted by Crippen LogP contribution is 2.17. The fourth-order valence-corrected chi connectivity index (χ4v) is 2.72. The lowest BCUT2D eigenvalue weighted by Crippen LogP contribution is -2.40. The first-order chi connectivity index (χ1) is 5.61. The molecule has 0 bridgehead atoms. The van der Waals surface area contributed by atoms with Crippen LogP contribution in [0.25, 0.3) is 0 Å². The minimum Gasteiger partial charge on any atom is -0.299 e. The molecule has 0 spiro atoms. The molecule has 1 rings (SSSR count). The summed E-state index contributed by atoms with van der Waals surface area (Å²) in [6, 6.07) is 0.400. The maximum absolute atomic E-state index is 10.2. The van der Waals surface area contributed by atoms with E-state index in [1.165, 1.54) is 0 Å². The first-order valence-corrected chi connectivity index (χ1v) is 5.34. The summed E-state index contributed by atoms with van der Waals surface area (Å²) in [5.74, 6) is 0. The average Bonchev–Trinajstić information content (AvgIpc) is 2.04. The van der Waals surface area contributed by atoms with Crippen molar-refractivity contribution in [3.05, 3.63) is 20.2 Å². The summed E-state index contributed by atoms with van der Waals surface area (Å²) in [5, 5.41) is 20.4. The van der Waals surface area contributed by atoms with Crippen molar-refractivity contribution < 1.29 is 13.9 Å². The highest BCUT2D eigenvalue weighted by Gasteiger charge is 2.40. The summed E-state index contributed by atoms with van der Waals surface area (Å²) in [7, 11) is -2.53. The van der Waals surface area contributed by atoms with Crippen molar-refractivity contribution in [3.63, 3.8) is 0 Å². The van der Waals surface area contributed by atoms with Crippen molar-refractivity contribution in [2.24, 2.45) is 0 Å². The van der Waals surface area contributed by atoms with Gasteiger partial charge in [0, 0.05) is 12.5 Å². The summed E-state index contributed by atoms with van der Waals surface area (Å²) in [5.41, 5.74) is 0.